The van der Waals surface area contributed by atoms with Gasteiger partial charge >= 0.3 is 0 Å². The van der Waals surface area contributed by atoms with Gasteiger partial charge in [0, 0.05) is 12.7 Å². The van der Waals surface area contributed by atoms with Gasteiger partial charge in [0.15, 0.2) is 0 Å². The van der Waals surface area contributed by atoms with Crippen molar-refractivity contribution >= 4 is 27.9 Å². The average Bonchev–Trinajstić information content (AvgIpc) is 2.72. The van der Waals surface area contributed by atoms with E-state index >= 15 is 0 Å². The summed E-state index contributed by atoms with van der Waals surface area (Å²) in [6, 6.07) is 0.451. The first-order valence-electron chi connectivity index (χ1n) is 4.36. The summed E-state index contributed by atoms with van der Waals surface area (Å²) in [5, 5.41) is 7.69. The predicted molar refractivity (Wildman–Crippen MR) is 59.7 cm³/mol. The molecule has 0 N–H and O–H groups in total. The van der Waals surface area contributed by atoms with Gasteiger partial charge in [-0.25, -0.2) is 0 Å². The van der Waals surface area contributed by atoms with E-state index in [4.69, 9.17) is 4.42 Å². The Kier molecular flexibility index (Phi) is 3.12. The number of thioether (sulfide) groups is 2. The van der Waals surface area contributed by atoms with Gasteiger partial charge in [0.1, 0.15) is 4.38 Å². The third-order valence-corrected chi connectivity index (χ3v) is 4.11. The van der Waals surface area contributed by atoms with Crippen molar-refractivity contribution in [3.05, 3.63) is 11.8 Å². The van der Waals surface area contributed by atoms with E-state index in [0.29, 0.717) is 17.8 Å². The quantitative estimate of drug-likeness (QED) is 0.777. The van der Waals surface area contributed by atoms with Crippen LogP contribution in [0.5, 0.6) is 0 Å². The van der Waals surface area contributed by atoms with Gasteiger partial charge in [-0.2, -0.15) is 0 Å². The minimum Gasteiger partial charge on any atom is -0.425 e. The summed E-state index contributed by atoms with van der Waals surface area (Å²) in [5.41, 5.74) is 0. The zero-order valence-electron chi connectivity index (χ0n) is 8.06. The number of nitrogens with zero attached hydrogens (tertiary/aromatic N) is 3. The molecule has 0 bridgehead atoms. The number of aliphatic imine (C=N–C) groups is 1. The Labute approximate surface area is 91.0 Å². The minimum atomic E-state index is 0.451. The van der Waals surface area contributed by atoms with Crippen LogP contribution in [-0.2, 0) is 5.75 Å². The van der Waals surface area contributed by atoms with Crippen molar-refractivity contribution in [1.82, 2.24) is 10.2 Å². The number of hydrogen-bond acceptors (Lipinski definition) is 6. The second-order valence-corrected chi connectivity index (χ2v) is 5.29. The molecule has 0 spiro atoms. The van der Waals surface area contributed by atoms with Crippen LogP contribution in [0.25, 0.3) is 0 Å². The van der Waals surface area contributed by atoms with Crippen molar-refractivity contribution < 1.29 is 4.42 Å². The molecule has 0 fully saturated rings. The highest BCUT2D eigenvalue weighted by Crippen LogP contribution is 2.27. The molecule has 1 aliphatic heterocycles. The first-order chi connectivity index (χ1) is 6.74. The lowest BCUT2D eigenvalue weighted by Crippen LogP contribution is -1.92. The molecule has 4 nitrogen and oxygen atoms in total. The molecular formula is C8H11N3OS2. The Bertz CT molecular complexity index is 350. The summed E-state index contributed by atoms with van der Waals surface area (Å²) in [7, 11) is 0. The number of aromatic nitrogens is 2. The molecule has 0 amide bonds. The third kappa shape index (κ3) is 2.51. The lowest BCUT2D eigenvalue weighted by molar-refractivity contribution is 0.486. The van der Waals surface area contributed by atoms with E-state index in [1.54, 1.807) is 30.4 Å². The molecule has 1 atom stereocenters. The van der Waals surface area contributed by atoms with E-state index in [2.05, 4.69) is 22.1 Å². The van der Waals surface area contributed by atoms with Gasteiger partial charge in [-0.05, 0) is 6.92 Å². The Morgan fingerprint density at radius 2 is 2.43 bits per heavy atom. The van der Waals surface area contributed by atoms with Gasteiger partial charge in [-0.3, -0.25) is 4.99 Å². The van der Waals surface area contributed by atoms with Crippen molar-refractivity contribution in [1.29, 1.82) is 0 Å². The summed E-state index contributed by atoms with van der Waals surface area (Å²) in [6.07, 6.45) is 0. The molecule has 0 radical (unpaired) electrons. The van der Waals surface area contributed by atoms with Crippen LogP contribution in [0.3, 0.4) is 0 Å². The highest BCUT2D eigenvalue weighted by molar-refractivity contribution is 8.38. The van der Waals surface area contributed by atoms with Crippen LogP contribution in [0.4, 0.5) is 0 Å². The molecule has 2 rings (SSSR count). The third-order valence-electron chi connectivity index (χ3n) is 1.66. The first-order valence-corrected chi connectivity index (χ1v) is 6.33. The Balaban J connectivity index is 1.86. The largest absolute Gasteiger partial charge is 0.425 e. The van der Waals surface area contributed by atoms with Crippen LogP contribution in [-0.4, -0.2) is 26.4 Å². The van der Waals surface area contributed by atoms with Crippen molar-refractivity contribution in [2.75, 3.05) is 5.75 Å². The smallest absolute Gasteiger partial charge is 0.226 e. The molecule has 0 saturated carbocycles. The molecule has 1 aliphatic rings. The topological polar surface area (TPSA) is 51.3 Å². The lowest BCUT2D eigenvalue weighted by atomic mass is 10.4. The van der Waals surface area contributed by atoms with Gasteiger partial charge in [0.2, 0.25) is 11.8 Å². The average molecular weight is 229 g/mol. The second kappa shape index (κ2) is 4.35. The minimum absolute atomic E-state index is 0.451. The van der Waals surface area contributed by atoms with Crippen LogP contribution in [0.2, 0.25) is 0 Å². The molecule has 2 heterocycles. The summed E-state index contributed by atoms with van der Waals surface area (Å²) in [5.74, 6) is 3.11. The highest BCUT2D eigenvalue weighted by Gasteiger charge is 2.15. The van der Waals surface area contributed by atoms with Gasteiger partial charge in [-0.15, -0.1) is 10.2 Å². The second-order valence-electron chi connectivity index (χ2n) is 3.06. The van der Waals surface area contributed by atoms with E-state index in [-0.39, 0.29) is 0 Å². The molecule has 14 heavy (non-hydrogen) atoms. The molecule has 76 valence electrons. The summed E-state index contributed by atoms with van der Waals surface area (Å²) >= 11 is 3.47. The number of rotatable bonds is 2. The fraction of sp³-hybridized carbons (Fsp3) is 0.625. The highest BCUT2D eigenvalue weighted by atomic mass is 32.2. The fourth-order valence-electron chi connectivity index (χ4n) is 1.04. The van der Waals surface area contributed by atoms with Gasteiger partial charge in [-0.1, -0.05) is 23.5 Å². The van der Waals surface area contributed by atoms with Crippen molar-refractivity contribution in [3.63, 3.8) is 0 Å². The zero-order chi connectivity index (χ0) is 9.97. The van der Waals surface area contributed by atoms with Gasteiger partial charge in [0.25, 0.3) is 0 Å². The van der Waals surface area contributed by atoms with Crippen molar-refractivity contribution in [2.45, 2.75) is 25.6 Å². The van der Waals surface area contributed by atoms with Crippen LogP contribution >= 0.6 is 23.5 Å². The Morgan fingerprint density at radius 3 is 3.00 bits per heavy atom. The zero-order valence-corrected chi connectivity index (χ0v) is 9.69. The summed E-state index contributed by atoms with van der Waals surface area (Å²) in [6.45, 7) is 3.92. The van der Waals surface area contributed by atoms with Crippen LogP contribution in [0, 0.1) is 6.92 Å². The molecule has 0 unspecified atom stereocenters. The normalized spacial score (nSPS) is 21.3. The van der Waals surface area contributed by atoms with Crippen LogP contribution < -0.4 is 0 Å². The SMILES string of the molecule is Cc1nnc(CSC2=N[C@@H](C)CS2)o1. The summed E-state index contributed by atoms with van der Waals surface area (Å²) in [4.78, 5) is 4.46. The van der Waals surface area contributed by atoms with E-state index in [9.17, 15) is 0 Å². The standard InChI is InChI=1S/C8H11N3OS2/c1-5-3-13-8(9-5)14-4-7-11-10-6(2)12-7/h5H,3-4H2,1-2H3/t5-/m0/s1. The predicted octanol–water partition coefficient (Wildman–Crippen LogP) is 2.10. The maximum Gasteiger partial charge on any atom is 0.226 e. The van der Waals surface area contributed by atoms with Crippen molar-refractivity contribution in [2.24, 2.45) is 4.99 Å². The van der Waals surface area contributed by atoms with Gasteiger partial charge in [0.05, 0.1) is 11.8 Å². The molecule has 6 heteroatoms. The van der Waals surface area contributed by atoms with E-state index < -0.39 is 0 Å². The summed E-state index contributed by atoms with van der Waals surface area (Å²) < 4.78 is 6.40. The van der Waals surface area contributed by atoms with Gasteiger partial charge < -0.3 is 4.42 Å². The molecule has 1 aromatic heterocycles. The lowest BCUT2D eigenvalue weighted by Gasteiger charge is -1.94. The molecule has 0 saturated heterocycles. The fourth-order valence-corrected chi connectivity index (χ4v) is 3.09. The molecule has 0 aromatic carbocycles. The van der Waals surface area contributed by atoms with E-state index in [0.717, 1.165) is 15.9 Å². The van der Waals surface area contributed by atoms with Crippen molar-refractivity contribution in [3.8, 4) is 0 Å². The van der Waals surface area contributed by atoms with E-state index in [1.807, 2.05) is 0 Å². The Morgan fingerprint density at radius 1 is 1.57 bits per heavy atom. The Hall–Kier alpha value is -0.490. The number of hydrogen-bond donors (Lipinski definition) is 0. The number of aryl methyl sites for hydroxylation is 1. The first kappa shape index (κ1) is 10.0. The van der Waals surface area contributed by atoms with Crippen LogP contribution in [0.15, 0.2) is 9.41 Å². The maximum atomic E-state index is 5.26. The molecular weight excluding hydrogens is 218 g/mol. The van der Waals surface area contributed by atoms with Crippen LogP contribution in [0.1, 0.15) is 18.7 Å². The van der Waals surface area contributed by atoms with E-state index in [1.165, 1.54) is 0 Å². The monoisotopic (exact) mass is 229 g/mol. The maximum absolute atomic E-state index is 5.26. The molecule has 0 aliphatic carbocycles. The molecule has 1 aromatic rings.